The molecule has 6 rings (SSSR count). The van der Waals surface area contributed by atoms with Crippen molar-refractivity contribution in [2.24, 2.45) is 0 Å². The highest BCUT2D eigenvalue weighted by atomic mass is 35.5. The van der Waals surface area contributed by atoms with Gasteiger partial charge >= 0.3 is 29.7 Å². The first-order valence-electron chi connectivity index (χ1n) is 18.0. The van der Waals surface area contributed by atoms with E-state index in [4.69, 9.17) is 70.1 Å². The van der Waals surface area contributed by atoms with Gasteiger partial charge in [-0.3, -0.25) is 9.88 Å². The maximum Gasteiger partial charge on any atom is 0.442 e. The Balaban J connectivity index is 0.000000216. The highest BCUT2D eigenvalue weighted by Crippen LogP contribution is 2.33. The first-order valence-corrected chi connectivity index (χ1v) is 20.6. The lowest BCUT2D eigenvalue weighted by Gasteiger charge is -2.17. The SMILES string of the molecule is C#CCOc1cc(-n2nc(C(C)(C)C)oc2=O)c(Cl)cc1Cl.COc1nc(C)nc(N(C)C(=O)NS(=O)(=O)c2ccccc2C(=O)O)n1.O=C(O)COc1ccc(Cl)c2cccnc12. The summed E-state index contributed by atoms with van der Waals surface area (Å²) >= 11 is 18.2. The molecule has 24 heteroatoms. The molecule has 3 N–H and O–H groups in total. The van der Waals surface area contributed by atoms with Crippen LogP contribution in [0.15, 0.2) is 81.0 Å². The predicted molar refractivity (Wildman–Crippen MR) is 234 cm³/mol. The number of pyridine rings is 1. The smallest absolute Gasteiger partial charge is 0.442 e. The number of anilines is 1. The van der Waals surface area contributed by atoms with E-state index in [9.17, 15) is 27.6 Å². The number of carboxylic acid groups (broad SMARTS) is 2. The fraction of sp³-hybridized carbons (Fsp3) is 0.225. The summed E-state index contributed by atoms with van der Waals surface area (Å²) in [4.78, 5) is 61.9. The molecule has 3 aromatic carbocycles. The Morgan fingerprint density at radius 1 is 0.953 bits per heavy atom. The number of fused-ring (bicyclic) bond motifs is 1. The minimum Gasteiger partial charge on any atom is -0.480 e. The highest BCUT2D eigenvalue weighted by Gasteiger charge is 2.27. The largest absolute Gasteiger partial charge is 0.480 e. The van der Waals surface area contributed by atoms with E-state index in [1.54, 1.807) is 42.1 Å². The number of aliphatic carboxylic acids is 1. The second kappa shape index (κ2) is 21.4. The van der Waals surface area contributed by atoms with E-state index in [1.807, 2.05) is 20.8 Å². The van der Waals surface area contributed by atoms with Crippen LogP contribution < -0.4 is 29.6 Å². The molecule has 0 saturated heterocycles. The van der Waals surface area contributed by atoms with Crippen molar-refractivity contribution < 1.29 is 51.6 Å². The van der Waals surface area contributed by atoms with E-state index in [1.165, 1.54) is 38.4 Å². The third kappa shape index (κ3) is 12.8. The monoisotopic (exact) mass is 958 g/mol. The molecule has 0 aliphatic carbocycles. The Morgan fingerprint density at radius 2 is 1.66 bits per heavy atom. The summed E-state index contributed by atoms with van der Waals surface area (Å²) in [6, 6.07) is 13.6. The lowest BCUT2D eigenvalue weighted by Crippen LogP contribution is -2.42. The second-order valence-corrected chi connectivity index (χ2v) is 16.5. The minimum absolute atomic E-state index is 0.0434. The van der Waals surface area contributed by atoms with Gasteiger partial charge in [0.15, 0.2) is 6.61 Å². The summed E-state index contributed by atoms with van der Waals surface area (Å²) in [6.45, 7) is 6.84. The molecule has 0 spiro atoms. The summed E-state index contributed by atoms with van der Waals surface area (Å²) in [5.41, 5.74) is -0.00161. The van der Waals surface area contributed by atoms with Gasteiger partial charge in [-0.15, -0.1) is 11.5 Å². The number of methoxy groups -OCH3 is 1. The molecule has 0 fully saturated rings. The highest BCUT2D eigenvalue weighted by molar-refractivity contribution is 7.90. The van der Waals surface area contributed by atoms with E-state index in [-0.39, 0.29) is 34.4 Å². The molecule has 336 valence electrons. The van der Waals surface area contributed by atoms with Gasteiger partial charge < -0.3 is 28.8 Å². The number of aromatic carboxylic acids is 1. The lowest BCUT2D eigenvalue weighted by molar-refractivity contribution is -0.139. The van der Waals surface area contributed by atoms with Gasteiger partial charge in [-0.2, -0.15) is 19.6 Å². The Kier molecular flexibility index (Phi) is 16.6. The molecule has 0 radical (unpaired) electrons. The number of hydrogen-bond acceptors (Lipinski definition) is 15. The minimum atomic E-state index is -4.44. The number of aryl methyl sites for hydroxylation is 1. The van der Waals surface area contributed by atoms with Crippen molar-refractivity contribution >= 4 is 79.6 Å². The fourth-order valence-electron chi connectivity index (χ4n) is 4.90. The van der Waals surface area contributed by atoms with Crippen molar-refractivity contribution in [3.63, 3.8) is 0 Å². The number of terminal acetylenes is 1. The van der Waals surface area contributed by atoms with Crippen LogP contribution in [0.25, 0.3) is 16.6 Å². The predicted octanol–water partition coefficient (Wildman–Crippen LogP) is 6.21. The zero-order chi connectivity index (χ0) is 47.5. The van der Waals surface area contributed by atoms with Gasteiger partial charge in [-0.25, -0.2) is 32.3 Å². The molecule has 3 heterocycles. The first-order chi connectivity index (χ1) is 30.1. The molecule has 3 aromatic heterocycles. The zero-order valence-corrected chi connectivity index (χ0v) is 37.6. The standard InChI is InChI=1S/C15H14Cl2N2O3.C14H15N5O6S.C11H8ClNO3/c1-5-6-21-12-8-11(9(16)7-10(12)17)19-14(20)22-13(18-19)15(2,3)4;1-8-15-12(17-13(16-8)25-3)19(2)14(22)18-26(23,24)10-7-5-4-6-9(10)11(20)21;12-8-3-4-9(16-6-10(14)15)11-7(8)2-1-5-13-11/h1,7-8H,6H2,2-4H3;4-7H,1-3H3,(H,18,22)(H,20,21);1-5H,6H2,(H,14,15). The molecule has 0 unspecified atom stereocenters. The number of carbonyl (C=O) groups is 3. The summed E-state index contributed by atoms with van der Waals surface area (Å²) in [7, 11) is -1.87. The average molecular weight is 960 g/mol. The van der Waals surface area contributed by atoms with Gasteiger partial charge in [0.25, 0.3) is 10.0 Å². The number of sulfonamides is 1. The van der Waals surface area contributed by atoms with Gasteiger partial charge in [0.05, 0.1) is 33.4 Å². The van der Waals surface area contributed by atoms with Crippen molar-refractivity contribution in [2.45, 2.75) is 38.0 Å². The van der Waals surface area contributed by atoms with E-state index < -0.39 is 56.2 Å². The molecular weight excluding hydrogens is 923 g/mol. The van der Waals surface area contributed by atoms with Crippen LogP contribution >= 0.6 is 34.8 Å². The van der Waals surface area contributed by atoms with E-state index in [0.717, 1.165) is 27.1 Å². The quantitative estimate of drug-likeness (QED) is 0.122. The molecule has 6 aromatic rings. The van der Waals surface area contributed by atoms with Gasteiger partial charge in [-0.05, 0) is 49.4 Å². The number of rotatable bonds is 11. The Morgan fingerprint density at radius 3 is 2.28 bits per heavy atom. The average Bonchev–Trinajstić information content (AvgIpc) is 3.64. The molecule has 0 bridgehead atoms. The van der Waals surface area contributed by atoms with Crippen molar-refractivity contribution in [2.75, 3.05) is 32.3 Å². The second-order valence-electron chi connectivity index (χ2n) is 13.6. The molecule has 0 aliphatic heterocycles. The summed E-state index contributed by atoms with van der Waals surface area (Å²) in [5, 5.41) is 23.7. The summed E-state index contributed by atoms with van der Waals surface area (Å²) in [6.07, 6.45) is 6.76. The van der Waals surface area contributed by atoms with Crippen LogP contribution in [-0.2, 0) is 20.2 Å². The zero-order valence-electron chi connectivity index (χ0n) is 34.5. The summed E-state index contributed by atoms with van der Waals surface area (Å²) < 4.78 is 48.1. The number of nitrogens with one attached hydrogen (secondary N) is 1. The molecule has 64 heavy (non-hydrogen) atoms. The number of urea groups is 1. The van der Waals surface area contributed by atoms with Gasteiger partial charge in [0, 0.05) is 30.1 Å². The van der Waals surface area contributed by atoms with Crippen LogP contribution in [0.2, 0.25) is 15.1 Å². The number of nitrogens with zero attached hydrogens (tertiary/aromatic N) is 7. The number of halogens is 3. The van der Waals surface area contributed by atoms with Gasteiger partial charge in [-0.1, -0.05) is 73.6 Å². The van der Waals surface area contributed by atoms with Crippen LogP contribution in [0.5, 0.6) is 17.5 Å². The number of carbonyl (C=O) groups excluding carboxylic acids is 1. The van der Waals surface area contributed by atoms with E-state index in [0.29, 0.717) is 33.6 Å². The molecule has 0 aliphatic rings. The van der Waals surface area contributed by atoms with E-state index >= 15 is 0 Å². The lowest BCUT2D eigenvalue weighted by atomic mass is 9.97. The van der Waals surface area contributed by atoms with Crippen LogP contribution in [-0.4, -0.2) is 93.7 Å². The molecule has 2 amide bonds. The maximum atomic E-state index is 12.4. The number of ether oxygens (including phenoxy) is 3. The topological polar surface area (TPSA) is 268 Å². The number of hydrogen-bond donors (Lipinski definition) is 3. The normalized spacial score (nSPS) is 10.9. The van der Waals surface area contributed by atoms with Gasteiger partial charge in [0.2, 0.25) is 11.8 Å². The number of carboxylic acids is 2. The first kappa shape index (κ1) is 49.7. The number of benzene rings is 3. The molecule has 0 saturated carbocycles. The molecular formula is C40H37Cl3N8O12S. The van der Waals surface area contributed by atoms with Crippen molar-refractivity contribution in [1.29, 1.82) is 0 Å². The van der Waals surface area contributed by atoms with Crippen LogP contribution in [0.4, 0.5) is 10.7 Å². The van der Waals surface area contributed by atoms with Crippen LogP contribution in [0, 0.1) is 19.3 Å². The molecule has 0 atom stereocenters. The maximum absolute atomic E-state index is 12.4. The number of aromatic nitrogens is 6. The Labute approximate surface area is 379 Å². The fourth-order valence-corrected chi connectivity index (χ4v) is 6.82. The van der Waals surface area contributed by atoms with Gasteiger partial charge in [0.1, 0.15) is 34.3 Å². The third-order valence-electron chi connectivity index (χ3n) is 7.89. The van der Waals surface area contributed by atoms with Crippen LogP contribution in [0.1, 0.15) is 42.8 Å². The van der Waals surface area contributed by atoms with Crippen molar-refractivity contribution in [1.82, 2.24) is 34.4 Å². The van der Waals surface area contributed by atoms with Crippen molar-refractivity contribution in [3.8, 4) is 35.5 Å². The third-order valence-corrected chi connectivity index (χ3v) is 10.2. The Bertz CT molecular complexity index is 2920. The van der Waals surface area contributed by atoms with Crippen LogP contribution in [0.3, 0.4) is 0 Å². The molecule has 20 nitrogen and oxygen atoms in total. The van der Waals surface area contributed by atoms with Crippen molar-refractivity contribution in [3.05, 3.63) is 110 Å². The summed E-state index contributed by atoms with van der Waals surface area (Å²) in [5.74, 6) is 0.367. The van der Waals surface area contributed by atoms with E-state index in [2.05, 4.69) is 31.0 Å². The Hall–Kier alpha value is -6.99. The number of amides is 2.